The zero-order valence-electron chi connectivity index (χ0n) is 11.2. The van der Waals surface area contributed by atoms with Crippen LogP contribution in [0, 0.1) is 11.3 Å². The van der Waals surface area contributed by atoms with Gasteiger partial charge in [0.25, 0.3) is 0 Å². The molecule has 0 saturated carbocycles. The summed E-state index contributed by atoms with van der Waals surface area (Å²) in [5, 5.41) is 14.9. The fraction of sp³-hybridized carbons (Fsp3) is 0.429. The Morgan fingerprint density at radius 1 is 1.42 bits per heavy atom. The van der Waals surface area contributed by atoms with Crippen LogP contribution in [0.2, 0.25) is 0 Å². The average molecular weight is 258 g/mol. The van der Waals surface area contributed by atoms with E-state index in [0.29, 0.717) is 17.8 Å². The minimum atomic E-state index is -0.199. The molecule has 1 heterocycles. The van der Waals surface area contributed by atoms with E-state index >= 15 is 0 Å². The fourth-order valence-corrected chi connectivity index (χ4v) is 2.18. The third-order valence-corrected chi connectivity index (χ3v) is 3.31. The Balaban J connectivity index is 2.05. The van der Waals surface area contributed by atoms with Gasteiger partial charge in [-0.1, -0.05) is 0 Å². The molecule has 1 aromatic rings. The van der Waals surface area contributed by atoms with E-state index in [0.717, 1.165) is 13.1 Å². The number of urea groups is 1. The first-order valence-corrected chi connectivity index (χ1v) is 6.32. The lowest BCUT2D eigenvalue weighted by atomic mass is 10.0. The first kappa shape index (κ1) is 13.4. The van der Waals surface area contributed by atoms with Crippen molar-refractivity contribution in [2.75, 3.05) is 25.0 Å². The van der Waals surface area contributed by atoms with E-state index in [1.807, 2.05) is 18.7 Å². The number of amides is 2. The first-order valence-electron chi connectivity index (χ1n) is 6.32. The molecule has 0 aromatic heterocycles. The summed E-state index contributed by atoms with van der Waals surface area (Å²) in [6.07, 6.45) is 0. The Bertz CT molecular complexity index is 501. The lowest BCUT2D eigenvalue weighted by molar-refractivity contribution is 0.123. The lowest BCUT2D eigenvalue weighted by Crippen LogP contribution is -2.60. The second-order valence-corrected chi connectivity index (χ2v) is 5.26. The number of benzene rings is 1. The Kier molecular flexibility index (Phi) is 3.72. The van der Waals surface area contributed by atoms with E-state index in [-0.39, 0.29) is 11.6 Å². The molecule has 100 valence electrons. The topological polar surface area (TPSA) is 68.2 Å². The summed E-state index contributed by atoms with van der Waals surface area (Å²) in [4.78, 5) is 14.1. The van der Waals surface area contributed by atoms with E-state index in [9.17, 15) is 4.79 Å². The van der Waals surface area contributed by atoms with Crippen molar-refractivity contribution in [1.29, 1.82) is 5.26 Å². The van der Waals surface area contributed by atoms with Gasteiger partial charge in [-0.25, -0.2) is 4.79 Å². The Labute approximate surface area is 113 Å². The van der Waals surface area contributed by atoms with E-state index in [4.69, 9.17) is 5.26 Å². The number of nitrogens with zero attached hydrogens (tertiary/aromatic N) is 2. The molecule has 0 aliphatic carbocycles. The smallest absolute Gasteiger partial charge is 0.317 e. The van der Waals surface area contributed by atoms with E-state index in [1.54, 1.807) is 24.3 Å². The van der Waals surface area contributed by atoms with Gasteiger partial charge in [-0.2, -0.15) is 5.26 Å². The van der Waals surface area contributed by atoms with Crippen molar-refractivity contribution < 1.29 is 4.79 Å². The quantitative estimate of drug-likeness (QED) is 0.806. The van der Waals surface area contributed by atoms with Crippen LogP contribution in [-0.2, 0) is 0 Å². The zero-order valence-corrected chi connectivity index (χ0v) is 11.2. The minimum Gasteiger partial charge on any atom is -0.317 e. The van der Waals surface area contributed by atoms with Gasteiger partial charge >= 0.3 is 6.03 Å². The fourth-order valence-electron chi connectivity index (χ4n) is 2.18. The summed E-state index contributed by atoms with van der Waals surface area (Å²) in [5.41, 5.74) is 1.09. The number of nitrogens with one attached hydrogen (secondary N) is 2. The van der Waals surface area contributed by atoms with Crippen molar-refractivity contribution in [2.45, 2.75) is 19.4 Å². The molecule has 2 rings (SSSR count). The Hall–Kier alpha value is -2.06. The standard InChI is InChI=1S/C14H18N4O/c1-14(2)10-16-7-8-18(14)13(19)17-12-5-3-11(9-15)4-6-12/h3-6,16H,7-8,10H2,1-2H3,(H,17,19). The van der Waals surface area contributed by atoms with Gasteiger partial charge in [0.1, 0.15) is 0 Å². The van der Waals surface area contributed by atoms with Gasteiger partial charge in [-0.15, -0.1) is 0 Å². The van der Waals surface area contributed by atoms with E-state index in [1.165, 1.54) is 0 Å². The van der Waals surface area contributed by atoms with Crippen molar-refractivity contribution in [3.8, 4) is 6.07 Å². The summed E-state index contributed by atoms with van der Waals surface area (Å²) in [5.74, 6) is 0. The second-order valence-electron chi connectivity index (χ2n) is 5.26. The molecule has 0 spiro atoms. The van der Waals surface area contributed by atoms with Crippen LogP contribution >= 0.6 is 0 Å². The van der Waals surface area contributed by atoms with Crippen LogP contribution in [-0.4, -0.2) is 36.1 Å². The number of hydrogen-bond donors (Lipinski definition) is 2. The third-order valence-electron chi connectivity index (χ3n) is 3.31. The molecule has 0 bridgehead atoms. The number of piperazine rings is 1. The molecule has 0 atom stereocenters. The molecule has 1 aliphatic rings. The van der Waals surface area contributed by atoms with Gasteiger partial charge in [0, 0.05) is 25.3 Å². The second kappa shape index (κ2) is 5.29. The van der Waals surface area contributed by atoms with Gasteiger partial charge < -0.3 is 15.5 Å². The van der Waals surface area contributed by atoms with Crippen LogP contribution in [0.5, 0.6) is 0 Å². The van der Waals surface area contributed by atoms with Crippen LogP contribution in [0.4, 0.5) is 10.5 Å². The number of rotatable bonds is 1. The van der Waals surface area contributed by atoms with Crippen molar-refractivity contribution in [2.24, 2.45) is 0 Å². The van der Waals surface area contributed by atoms with Crippen LogP contribution in [0.1, 0.15) is 19.4 Å². The first-order chi connectivity index (χ1) is 9.03. The number of hydrogen-bond acceptors (Lipinski definition) is 3. The van der Waals surface area contributed by atoms with Crippen molar-refractivity contribution in [3.05, 3.63) is 29.8 Å². The molecule has 0 unspecified atom stereocenters. The third kappa shape index (κ3) is 3.04. The number of nitriles is 1. The van der Waals surface area contributed by atoms with Crippen molar-refractivity contribution >= 4 is 11.7 Å². The molecule has 1 aromatic carbocycles. The largest absolute Gasteiger partial charge is 0.322 e. The van der Waals surface area contributed by atoms with Gasteiger partial charge in [-0.3, -0.25) is 0 Å². The van der Waals surface area contributed by atoms with Crippen LogP contribution < -0.4 is 10.6 Å². The summed E-state index contributed by atoms with van der Waals surface area (Å²) in [6, 6.07) is 8.82. The van der Waals surface area contributed by atoms with Crippen LogP contribution in [0.3, 0.4) is 0 Å². The summed E-state index contributed by atoms with van der Waals surface area (Å²) < 4.78 is 0. The molecule has 2 amide bonds. The van der Waals surface area contributed by atoms with E-state index < -0.39 is 0 Å². The van der Waals surface area contributed by atoms with Crippen LogP contribution in [0.15, 0.2) is 24.3 Å². The molecule has 1 fully saturated rings. The molecule has 0 radical (unpaired) electrons. The maximum absolute atomic E-state index is 12.3. The average Bonchev–Trinajstić information content (AvgIpc) is 2.39. The number of carbonyl (C=O) groups excluding carboxylic acids is 1. The molecule has 5 nitrogen and oxygen atoms in total. The van der Waals surface area contributed by atoms with Crippen LogP contribution in [0.25, 0.3) is 0 Å². The molecular weight excluding hydrogens is 240 g/mol. The van der Waals surface area contributed by atoms with Crippen molar-refractivity contribution in [1.82, 2.24) is 10.2 Å². The van der Waals surface area contributed by atoms with Crippen molar-refractivity contribution in [3.63, 3.8) is 0 Å². The highest BCUT2D eigenvalue weighted by Gasteiger charge is 2.33. The number of anilines is 1. The summed E-state index contributed by atoms with van der Waals surface area (Å²) in [7, 11) is 0. The predicted octanol–water partition coefficient (Wildman–Crippen LogP) is 1.77. The minimum absolute atomic E-state index is 0.101. The molecular formula is C14H18N4O. The van der Waals surface area contributed by atoms with Gasteiger partial charge in [0.15, 0.2) is 0 Å². The summed E-state index contributed by atoms with van der Waals surface area (Å²) >= 11 is 0. The Morgan fingerprint density at radius 2 is 2.11 bits per heavy atom. The maximum atomic E-state index is 12.3. The highest BCUT2D eigenvalue weighted by atomic mass is 16.2. The Morgan fingerprint density at radius 3 is 2.68 bits per heavy atom. The lowest BCUT2D eigenvalue weighted by Gasteiger charge is -2.42. The normalized spacial score (nSPS) is 17.6. The maximum Gasteiger partial charge on any atom is 0.322 e. The monoisotopic (exact) mass is 258 g/mol. The summed E-state index contributed by atoms with van der Waals surface area (Å²) in [6.45, 7) is 6.36. The highest BCUT2D eigenvalue weighted by molar-refractivity contribution is 5.90. The van der Waals surface area contributed by atoms with Gasteiger partial charge in [0.2, 0.25) is 0 Å². The predicted molar refractivity (Wildman–Crippen MR) is 73.8 cm³/mol. The molecule has 5 heteroatoms. The molecule has 1 aliphatic heterocycles. The zero-order chi connectivity index (χ0) is 13.9. The van der Waals surface area contributed by atoms with Gasteiger partial charge in [-0.05, 0) is 38.1 Å². The molecule has 1 saturated heterocycles. The van der Waals surface area contributed by atoms with E-state index in [2.05, 4.69) is 16.7 Å². The SMILES string of the molecule is CC1(C)CNCCN1C(=O)Nc1ccc(C#N)cc1. The highest BCUT2D eigenvalue weighted by Crippen LogP contribution is 2.18. The number of carbonyl (C=O) groups is 1. The molecule has 19 heavy (non-hydrogen) atoms. The van der Waals surface area contributed by atoms with Gasteiger partial charge in [0.05, 0.1) is 17.2 Å². The molecule has 2 N–H and O–H groups in total.